The molecule has 0 aliphatic rings. The minimum atomic E-state index is -0.320. The monoisotopic (exact) mass is 441 g/mol. The molecule has 0 bridgehead atoms. The molecule has 2 amide bonds. The van der Waals surface area contributed by atoms with Gasteiger partial charge in [-0.3, -0.25) is 14.9 Å². The van der Waals surface area contributed by atoms with Crippen LogP contribution in [-0.4, -0.2) is 30.1 Å². The first-order valence-electron chi connectivity index (χ1n) is 10.6. The lowest BCUT2D eigenvalue weighted by molar-refractivity contribution is 0.0950. The van der Waals surface area contributed by atoms with Crippen LogP contribution in [0.2, 0.25) is 0 Å². The Balaban J connectivity index is 1.87. The minimum Gasteiger partial charge on any atom is -0.494 e. The van der Waals surface area contributed by atoms with Crippen molar-refractivity contribution in [2.45, 2.75) is 40.0 Å². The third-order valence-corrected chi connectivity index (χ3v) is 4.71. The van der Waals surface area contributed by atoms with E-state index >= 15 is 0 Å². The van der Waals surface area contributed by atoms with Crippen molar-refractivity contribution in [2.75, 3.05) is 18.5 Å². The second kappa shape index (κ2) is 12.7. The van der Waals surface area contributed by atoms with E-state index in [0.717, 1.165) is 25.0 Å². The molecule has 2 rings (SSSR count). The summed E-state index contributed by atoms with van der Waals surface area (Å²) >= 11 is 5.25. The summed E-state index contributed by atoms with van der Waals surface area (Å²) in [7, 11) is 0. The molecule has 2 aromatic rings. The molecule has 0 aliphatic carbocycles. The normalized spacial score (nSPS) is 10.5. The first kappa shape index (κ1) is 24.3. The molecule has 2 aromatic carbocycles. The van der Waals surface area contributed by atoms with Gasteiger partial charge >= 0.3 is 0 Å². The highest BCUT2D eigenvalue weighted by molar-refractivity contribution is 7.80. The van der Waals surface area contributed by atoms with E-state index in [1.165, 1.54) is 0 Å². The van der Waals surface area contributed by atoms with Crippen LogP contribution in [-0.2, 0) is 0 Å². The van der Waals surface area contributed by atoms with Gasteiger partial charge in [-0.25, -0.2) is 0 Å². The summed E-state index contributed by atoms with van der Waals surface area (Å²) in [5.74, 6) is 0.851. The Kier molecular flexibility index (Phi) is 9.97. The zero-order chi connectivity index (χ0) is 22.6. The molecule has 0 unspecified atom stereocenters. The van der Waals surface area contributed by atoms with Crippen LogP contribution in [0.3, 0.4) is 0 Å². The molecule has 0 aliphatic heterocycles. The van der Waals surface area contributed by atoms with Gasteiger partial charge in [0.15, 0.2) is 5.11 Å². The third-order valence-electron chi connectivity index (χ3n) is 4.51. The number of ether oxygens (including phenoxy) is 1. The number of nitrogens with one attached hydrogen (secondary N) is 3. The van der Waals surface area contributed by atoms with E-state index < -0.39 is 0 Å². The fourth-order valence-electron chi connectivity index (χ4n) is 2.67. The molecule has 0 saturated carbocycles. The van der Waals surface area contributed by atoms with E-state index in [0.29, 0.717) is 35.9 Å². The highest BCUT2D eigenvalue weighted by Crippen LogP contribution is 2.14. The van der Waals surface area contributed by atoms with Gasteiger partial charge in [0.1, 0.15) is 5.75 Å². The predicted molar refractivity (Wildman–Crippen MR) is 129 cm³/mol. The maximum absolute atomic E-state index is 12.4. The van der Waals surface area contributed by atoms with Crippen LogP contribution in [0.25, 0.3) is 0 Å². The smallest absolute Gasteiger partial charge is 0.257 e. The van der Waals surface area contributed by atoms with Crippen LogP contribution in [0.4, 0.5) is 5.69 Å². The lowest BCUT2D eigenvalue weighted by Crippen LogP contribution is -2.34. The number of thiocarbonyl (C=S) groups is 1. The van der Waals surface area contributed by atoms with E-state index in [-0.39, 0.29) is 16.9 Å². The van der Waals surface area contributed by atoms with Gasteiger partial charge in [-0.15, -0.1) is 0 Å². The van der Waals surface area contributed by atoms with Crippen LogP contribution in [0.15, 0.2) is 48.5 Å². The van der Waals surface area contributed by atoms with Crippen molar-refractivity contribution >= 4 is 34.8 Å². The Hall–Kier alpha value is -2.93. The van der Waals surface area contributed by atoms with Gasteiger partial charge in [0, 0.05) is 23.4 Å². The summed E-state index contributed by atoms with van der Waals surface area (Å²) in [4.78, 5) is 24.6. The van der Waals surface area contributed by atoms with Gasteiger partial charge in [0.25, 0.3) is 11.8 Å². The molecule has 0 atom stereocenters. The second-order valence-corrected chi connectivity index (χ2v) is 8.06. The predicted octanol–water partition coefficient (Wildman–Crippen LogP) is 4.77. The molecule has 0 heterocycles. The van der Waals surface area contributed by atoms with Gasteiger partial charge in [0.2, 0.25) is 0 Å². The van der Waals surface area contributed by atoms with Gasteiger partial charge in [-0.1, -0.05) is 33.3 Å². The van der Waals surface area contributed by atoms with Crippen molar-refractivity contribution in [3.05, 3.63) is 59.7 Å². The lowest BCUT2D eigenvalue weighted by Gasteiger charge is -2.12. The summed E-state index contributed by atoms with van der Waals surface area (Å²) in [6.45, 7) is 7.65. The summed E-state index contributed by atoms with van der Waals surface area (Å²) in [6, 6.07) is 13.9. The largest absolute Gasteiger partial charge is 0.494 e. The van der Waals surface area contributed by atoms with Crippen molar-refractivity contribution in [2.24, 2.45) is 5.92 Å². The average molecular weight is 442 g/mol. The average Bonchev–Trinajstić information content (AvgIpc) is 2.74. The van der Waals surface area contributed by atoms with Gasteiger partial charge in [0.05, 0.1) is 6.61 Å². The van der Waals surface area contributed by atoms with Crippen molar-refractivity contribution < 1.29 is 14.3 Å². The van der Waals surface area contributed by atoms with Crippen LogP contribution in [0.5, 0.6) is 5.75 Å². The zero-order valence-corrected chi connectivity index (χ0v) is 19.2. The number of benzene rings is 2. The molecule has 166 valence electrons. The Bertz CT molecular complexity index is 882. The van der Waals surface area contributed by atoms with Crippen LogP contribution >= 0.6 is 12.2 Å². The molecule has 0 spiro atoms. The number of amides is 2. The number of hydrogen-bond acceptors (Lipinski definition) is 4. The first-order valence-corrected chi connectivity index (χ1v) is 11.0. The van der Waals surface area contributed by atoms with E-state index in [1.807, 2.05) is 0 Å². The lowest BCUT2D eigenvalue weighted by atomic mass is 10.1. The van der Waals surface area contributed by atoms with Gasteiger partial charge in [-0.2, -0.15) is 0 Å². The Labute approximate surface area is 189 Å². The van der Waals surface area contributed by atoms with Crippen molar-refractivity contribution in [3.63, 3.8) is 0 Å². The number of hydrogen-bond donors (Lipinski definition) is 3. The highest BCUT2D eigenvalue weighted by Gasteiger charge is 2.10. The standard InChI is InChI=1S/C24H31N3O3S/c1-4-5-14-25-22(28)19-7-6-8-20(16-19)26-24(31)27-23(29)18-9-11-21(12-10-18)30-15-13-17(2)3/h6-12,16-17H,4-5,13-15H2,1-3H3,(H,25,28)(H2,26,27,29,31). The summed E-state index contributed by atoms with van der Waals surface area (Å²) in [5.41, 5.74) is 1.63. The summed E-state index contributed by atoms with van der Waals surface area (Å²) < 4.78 is 5.67. The van der Waals surface area contributed by atoms with E-state index in [1.54, 1.807) is 48.5 Å². The Morgan fingerprint density at radius 1 is 1.03 bits per heavy atom. The molecule has 3 N–H and O–H groups in total. The van der Waals surface area contributed by atoms with Gasteiger partial charge < -0.3 is 15.4 Å². The SMILES string of the molecule is CCCCNC(=O)c1cccc(NC(=S)NC(=O)c2ccc(OCCC(C)C)cc2)c1. The highest BCUT2D eigenvalue weighted by atomic mass is 32.1. The fourth-order valence-corrected chi connectivity index (χ4v) is 2.88. The first-order chi connectivity index (χ1) is 14.9. The maximum atomic E-state index is 12.4. The summed E-state index contributed by atoms with van der Waals surface area (Å²) in [5, 5.41) is 8.64. The summed E-state index contributed by atoms with van der Waals surface area (Å²) in [6.07, 6.45) is 2.93. The van der Waals surface area contributed by atoms with Gasteiger partial charge in [-0.05, 0) is 73.4 Å². The van der Waals surface area contributed by atoms with Crippen molar-refractivity contribution in [3.8, 4) is 5.75 Å². The van der Waals surface area contributed by atoms with Crippen LogP contribution in [0, 0.1) is 5.92 Å². The molecule has 31 heavy (non-hydrogen) atoms. The van der Waals surface area contributed by atoms with E-state index in [2.05, 4.69) is 36.7 Å². The van der Waals surface area contributed by atoms with Crippen LogP contribution in [0.1, 0.15) is 60.7 Å². The van der Waals surface area contributed by atoms with Crippen molar-refractivity contribution in [1.82, 2.24) is 10.6 Å². The molecule has 0 aromatic heterocycles. The topological polar surface area (TPSA) is 79.5 Å². The molecule has 0 saturated heterocycles. The number of carbonyl (C=O) groups excluding carboxylic acids is 2. The van der Waals surface area contributed by atoms with E-state index in [9.17, 15) is 9.59 Å². The Morgan fingerprint density at radius 2 is 1.77 bits per heavy atom. The number of rotatable bonds is 10. The van der Waals surface area contributed by atoms with Crippen LogP contribution < -0.4 is 20.7 Å². The van der Waals surface area contributed by atoms with Crippen molar-refractivity contribution in [1.29, 1.82) is 0 Å². The Morgan fingerprint density at radius 3 is 2.45 bits per heavy atom. The minimum absolute atomic E-state index is 0.136. The molecule has 7 heteroatoms. The number of anilines is 1. The molecule has 6 nitrogen and oxygen atoms in total. The maximum Gasteiger partial charge on any atom is 0.257 e. The quantitative estimate of drug-likeness (QED) is 0.366. The molecular weight excluding hydrogens is 410 g/mol. The molecule has 0 fully saturated rings. The molecular formula is C24H31N3O3S. The zero-order valence-electron chi connectivity index (χ0n) is 18.4. The third kappa shape index (κ3) is 8.76. The van der Waals surface area contributed by atoms with E-state index in [4.69, 9.17) is 17.0 Å². The fraction of sp³-hybridized carbons (Fsp3) is 0.375. The number of unbranched alkanes of at least 4 members (excludes halogenated alkanes) is 1. The second-order valence-electron chi connectivity index (χ2n) is 7.65. The number of carbonyl (C=O) groups is 2. The molecule has 0 radical (unpaired) electrons.